The number of ether oxygens (including phenoxy) is 2. The van der Waals surface area contributed by atoms with Crippen molar-refractivity contribution >= 4 is 46.2 Å². The third-order valence-electron chi connectivity index (χ3n) is 4.21. The van der Waals surface area contributed by atoms with Crippen molar-refractivity contribution in [3.63, 3.8) is 0 Å². The zero-order chi connectivity index (χ0) is 18.5. The van der Waals surface area contributed by atoms with Gasteiger partial charge in [0.05, 0.1) is 25.2 Å². The summed E-state index contributed by atoms with van der Waals surface area (Å²) in [6.07, 6.45) is 2.04. The number of hydrogen-bond acceptors (Lipinski definition) is 6. The summed E-state index contributed by atoms with van der Waals surface area (Å²) in [7, 11) is 1.59. The van der Waals surface area contributed by atoms with Crippen LogP contribution in [0.3, 0.4) is 0 Å². The molecular weight excluding hydrogens is 372 g/mol. The molecule has 2 saturated heterocycles. The van der Waals surface area contributed by atoms with Gasteiger partial charge in [-0.05, 0) is 12.1 Å². The predicted molar refractivity (Wildman–Crippen MR) is 105 cm³/mol. The molecule has 2 aliphatic heterocycles. The van der Waals surface area contributed by atoms with E-state index in [-0.39, 0.29) is 18.2 Å². The number of amides is 2. The summed E-state index contributed by atoms with van der Waals surface area (Å²) >= 11 is 6.58. The van der Waals surface area contributed by atoms with Crippen LogP contribution in [0.15, 0.2) is 29.2 Å². The lowest BCUT2D eigenvalue weighted by Gasteiger charge is -2.27. The van der Waals surface area contributed by atoms with Crippen LogP contribution in [0, 0.1) is 0 Å². The van der Waals surface area contributed by atoms with Crippen molar-refractivity contribution in [2.24, 2.45) is 0 Å². The first-order chi connectivity index (χ1) is 12.6. The van der Waals surface area contributed by atoms with Gasteiger partial charge in [0.15, 0.2) is 0 Å². The second kappa shape index (κ2) is 8.66. The van der Waals surface area contributed by atoms with Crippen LogP contribution in [-0.4, -0.2) is 65.9 Å². The number of thioether (sulfide) groups is 1. The van der Waals surface area contributed by atoms with Crippen LogP contribution in [0.4, 0.5) is 0 Å². The largest absolute Gasteiger partial charge is 0.496 e. The molecule has 2 heterocycles. The molecule has 0 aromatic heterocycles. The van der Waals surface area contributed by atoms with Crippen molar-refractivity contribution < 1.29 is 19.1 Å². The number of benzene rings is 1. The lowest BCUT2D eigenvalue weighted by Crippen LogP contribution is -2.42. The molecule has 0 spiro atoms. The van der Waals surface area contributed by atoms with Crippen LogP contribution >= 0.6 is 24.0 Å². The Morgan fingerprint density at radius 3 is 2.81 bits per heavy atom. The fraction of sp³-hybridized carbons (Fsp3) is 0.389. The third-order valence-corrected chi connectivity index (χ3v) is 5.59. The molecule has 6 nitrogen and oxygen atoms in total. The Hall–Kier alpha value is -1.90. The first-order valence-electron chi connectivity index (χ1n) is 8.34. The summed E-state index contributed by atoms with van der Waals surface area (Å²) in [5, 5.41) is 0. The maximum absolute atomic E-state index is 12.7. The molecule has 0 N–H and O–H groups in total. The summed E-state index contributed by atoms with van der Waals surface area (Å²) in [5.74, 6) is 0.553. The van der Waals surface area contributed by atoms with E-state index in [9.17, 15) is 9.59 Å². The van der Waals surface area contributed by atoms with Crippen LogP contribution in [0.1, 0.15) is 12.0 Å². The number of thiocarbonyl (C=S) groups is 1. The van der Waals surface area contributed by atoms with Gasteiger partial charge in [-0.15, -0.1) is 0 Å². The Morgan fingerprint density at radius 1 is 1.35 bits per heavy atom. The molecule has 0 bridgehead atoms. The number of carbonyl (C=O) groups excluding carboxylic acids is 2. The molecule has 0 aliphatic carbocycles. The predicted octanol–water partition coefficient (Wildman–Crippen LogP) is 2.15. The molecule has 138 valence electrons. The van der Waals surface area contributed by atoms with Crippen LogP contribution < -0.4 is 4.74 Å². The minimum atomic E-state index is -0.166. The molecule has 1 aromatic rings. The van der Waals surface area contributed by atoms with Gasteiger partial charge in [0.25, 0.3) is 5.91 Å². The van der Waals surface area contributed by atoms with Crippen LogP contribution in [0.2, 0.25) is 0 Å². The van der Waals surface area contributed by atoms with Gasteiger partial charge in [-0.2, -0.15) is 0 Å². The highest BCUT2D eigenvalue weighted by Crippen LogP contribution is 2.34. The Kier molecular flexibility index (Phi) is 6.29. The highest BCUT2D eigenvalue weighted by molar-refractivity contribution is 8.26. The van der Waals surface area contributed by atoms with Crippen LogP contribution in [0.5, 0.6) is 5.75 Å². The lowest BCUT2D eigenvalue weighted by molar-refractivity contribution is -0.135. The van der Waals surface area contributed by atoms with Gasteiger partial charge >= 0.3 is 0 Å². The van der Waals surface area contributed by atoms with Crippen molar-refractivity contribution in [1.82, 2.24) is 9.80 Å². The summed E-state index contributed by atoms with van der Waals surface area (Å²) in [5.41, 5.74) is 0.819. The zero-order valence-corrected chi connectivity index (χ0v) is 16.1. The maximum atomic E-state index is 12.7. The van der Waals surface area contributed by atoms with Gasteiger partial charge in [-0.3, -0.25) is 14.5 Å². The smallest absolute Gasteiger partial charge is 0.266 e. The van der Waals surface area contributed by atoms with Gasteiger partial charge in [-0.25, -0.2) is 0 Å². The fourth-order valence-electron chi connectivity index (χ4n) is 2.80. The van der Waals surface area contributed by atoms with Gasteiger partial charge in [0.1, 0.15) is 10.1 Å². The molecule has 1 aromatic carbocycles. The molecular formula is C18H20N2O4S2. The van der Waals surface area contributed by atoms with Gasteiger partial charge < -0.3 is 14.4 Å². The Balaban J connectivity index is 1.65. The van der Waals surface area contributed by atoms with E-state index in [2.05, 4.69) is 0 Å². The van der Waals surface area contributed by atoms with Crippen molar-refractivity contribution in [2.75, 3.05) is 40.0 Å². The average molecular weight is 393 g/mol. The lowest BCUT2D eigenvalue weighted by atomic mass is 10.2. The normalized spacial score (nSPS) is 19.3. The summed E-state index contributed by atoms with van der Waals surface area (Å²) in [6.45, 7) is 2.63. The number of nitrogens with zero attached hydrogens (tertiary/aromatic N) is 2. The summed E-state index contributed by atoms with van der Waals surface area (Å²) in [4.78, 5) is 28.8. The minimum Gasteiger partial charge on any atom is -0.496 e. The second-order valence-electron chi connectivity index (χ2n) is 5.82. The van der Waals surface area contributed by atoms with Gasteiger partial charge in [0.2, 0.25) is 5.91 Å². The van der Waals surface area contributed by atoms with E-state index in [1.165, 1.54) is 16.7 Å². The molecule has 26 heavy (non-hydrogen) atoms. The number of rotatable bonds is 5. The number of methoxy groups -OCH3 is 1. The second-order valence-corrected chi connectivity index (χ2v) is 7.49. The van der Waals surface area contributed by atoms with E-state index in [0.717, 1.165) is 5.56 Å². The third kappa shape index (κ3) is 4.25. The van der Waals surface area contributed by atoms with Crippen molar-refractivity contribution in [3.8, 4) is 5.75 Å². The first kappa shape index (κ1) is 18.9. The van der Waals surface area contributed by atoms with Crippen molar-refractivity contribution in [1.29, 1.82) is 0 Å². The minimum absolute atomic E-state index is 0.0241. The highest BCUT2D eigenvalue weighted by Gasteiger charge is 2.32. The monoisotopic (exact) mass is 392 g/mol. The summed E-state index contributed by atoms with van der Waals surface area (Å²) in [6, 6.07) is 7.48. The average Bonchev–Trinajstić information content (AvgIpc) is 2.94. The van der Waals surface area contributed by atoms with E-state index >= 15 is 0 Å². The quantitative estimate of drug-likeness (QED) is 0.565. The SMILES string of the molecule is COc1ccccc1C=C1SC(=S)N(CCC(=O)N2CCOCC2)C1=O. The standard InChI is InChI=1S/C18H20N2O4S2/c1-23-14-5-3-2-4-13(14)12-15-17(22)20(18(25)26-15)7-6-16(21)19-8-10-24-11-9-19/h2-5,12H,6-11H2,1H3. The van der Waals surface area contributed by atoms with Gasteiger partial charge in [0, 0.05) is 31.6 Å². The van der Waals surface area contributed by atoms with Crippen LogP contribution in [0.25, 0.3) is 6.08 Å². The number of morpholine rings is 1. The van der Waals surface area contributed by atoms with E-state index in [1.807, 2.05) is 24.3 Å². The van der Waals surface area contributed by atoms with Crippen molar-refractivity contribution in [2.45, 2.75) is 6.42 Å². The molecule has 8 heteroatoms. The molecule has 0 radical (unpaired) electrons. The maximum Gasteiger partial charge on any atom is 0.266 e. The molecule has 2 amide bonds. The number of carbonyl (C=O) groups is 2. The van der Waals surface area contributed by atoms with Gasteiger partial charge in [-0.1, -0.05) is 42.2 Å². The molecule has 0 saturated carbocycles. The van der Waals surface area contributed by atoms with E-state index in [1.54, 1.807) is 18.1 Å². The fourth-order valence-corrected chi connectivity index (χ4v) is 4.10. The molecule has 0 unspecified atom stereocenters. The Labute approximate surface area is 162 Å². The Bertz CT molecular complexity index is 744. The number of hydrogen-bond donors (Lipinski definition) is 0. The highest BCUT2D eigenvalue weighted by atomic mass is 32.2. The van der Waals surface area contributed by atoms with Crippen LogP contribution in [-0.2, 0) is 14.3 Å². The van der Waals surface area contributed by atoms with E-state index < -0.39 is 0 Å². The topological polar surface area (TPSA) is 59.1 Å². The zero-order valence-electron chi connectivity index (χ0n) is 14.5. The molecule has 2 fully saturated rings. The van der Waals surface area contributed by atoms with E-state index in [4.69, 9.17) is 21.7 Å². The Morgan fingerprint density at radius 2 is 2.08 bits per heavy atom. The molecule has 2 aliphatic rings. The first-order valence-corrected chi connectivity index (χ1v) is 9.56. The molecule has 0 atom stereocenters. The molecule has 3 rings (SSSR count). The van der Waals surface area contributed by atoms with E-state index in [0.29, 0.717) is 47.8 Å². The summed E-state index contributed by atoms with van der Waals surface area (Å²) < 4.78 is 11.0. The van der Waals surface area contributed by atoms with Crippen molar-refractivity contribution in [3.05, 3.63) is 34.7 Å². The number of para-hydroxylation sites is 1.